The summed E-state index contributed by atoms with van der Waals surface area (Å²) in [7, 11) is -2.29. The maximum atomic E-state index is 12.4. The van der Waals surface area contributed by atoms with E-state index >= 15 is 0 Å². The normalized spacial score (nSPS) is 11.5. The summed E-state index contributed by atoms with van der Waals surface area (Å²) >= 11 is 0. The number of methoxy groups -OCH3 is 1. The van der Waals surface area contributed by atoms with Crippen LogP contribution in [0.15, 0.2) is 56.6 Å². The zero-order chi connectivity index (χ0) is 15.7. The van der Waals surface area contributed by atoms with Crippen molar-refractivity contribution in [2.24, 2.45) is 0 Å². The average molecular weight is 320 g/mol. The van der Waals surface area contributed by atoms with E-state index in [1.54, 1.807) is 24.3 Å². The molecule has 0 spiro atoms. The van der Waals surface area contributed by atoms with Gasteiger partial charge in [0.2, 0.25) is 0 Å². The molecule has 114 valence electrons. The summed E-state index contributed by atoms with van der Waals surface area (Å²) in [6.07, 6.45) is 0. The second-order valence-corrected chi connectivity index (χ2v) is 6.19. The fraction of sp³-hybridized carbons (Fsp3) is 0.0714. The van der Waals surface area contributed by atoms with Crippen LogP contribution in [-0.4, -0.2) is 20.5 Å². The topological polar surface area (TPSA) is 101 Å². The van der Waals surface area contributed by atoms with Crippen LogP contribution in [0.1, 0.15) is 0 Å². The molecule has 7 nitrogen and oxygen atoms in total. The highest BCUT2D eigenvalue weighted by Crippen LogP contribution is 2.22. The van der Waals surface area contributed by atoms with Gasteiger partial charge in [-0.3, -0.25) is 9.71 Å². The quantitative estimate of drug-likeness (QED) is 0.765. The van der Waals surface area contributed by atoms with Crippen molar-refractivity contribution in [3.8, 4) is 5.75 Å². The molecule has 1 aromatic heterocycles. The first kappa shape index (κ1) is 14.2. The SMILES string of the molecule is COc1cccc(NS(=O)(=O)c2ccc3oc(=O)[nH]c3c2)c1. The fourth-order valence-electron chi connectivity index (χ4n) is 2.00. The number of anilines is 1. The van der Waals surface area contributed by atoms with E-state index in [0.717, 1.165) is 0 Å². The van der Waals surface area contributed by atoms with Gasteiger partial charge in [-0.15, -0.1) is 0 Å². The summed E-state index contributed by atoms with van der Waals surface area (Å²) in [5.41, 5.74) is 0.990. The molecule has 0 saturated heterocycles. The third-order valence-corrected chi connectivity index (χ3v) is 4.40. The van der Waals surface area contributed by atoms with Crippen molar-refractivity contribution >= 4 is 26.8 Å². The second kappa shape index (κ2) is 5.23. The lowest BCUT2D eigenvalue weighted by molar-refractivity contribution is 0.415. The Balaban J connectivity index is 1.98. The second-order valence-electron chi connectivity index (χ2n) is 4.51. The lowest BCUT2D eigenvalue weighted by Crippen LogP contribution is -2.12. The molecule has 22 heavy (non-hydrogen) atoms. The molecular formula is C14H12N2O5S. The number of sulfonamides is 1. The Morgan fingerprint density at radius 1 is 1.18 bits per heavy atom. The number of rotatable bonds is 4. The van der Waals surface area contributed by atoms with Crippen molar-refractivity contribution < 1.29 is 17.6 Å². The minimum absolute atomic E-state index is 0.0138. The van der Waals surface area contributed by atoms with E-state index in [-0.39, 0.29) is 4.90 Å². The van der Waals surface area contributed by atoms with Crippen LogP contribution < -0.4 is 15.2 Å². The van der Waals surface area contributed by atoms with Crippen molar-refractivity contribution in [3.05, 3.63) is 53.0 Å². The van der Waals surface area contributed by atoms with Crippen LogP contribution in [0.5, 0.6) is 5.75 Å². The molecule has 0 atom stereocenters. The van der Waals surface area contributed by atoms with Crippen LogP contribution in [0.25, 0.3) is 11.1 Å². The Hall–Kier alpha value is -2.74. The van der Waals surface area contributed by atoms with E-state index in [0.29, 0.717) is 22.5 Å². The van der Waals surface area contributed by atoms with Crippen molar-refractivity contribution in [1.29, 1.82) is 0 Å². The van der Waals surface area contributed by atoms with Gasteiger partial charge in [0.1, 0.15) is 5.75 Å². The number of H-pyrrole nitrogens is 1. The highest BCUT2D eigenvalue weighted by atomic mass is 32.2. The smallest absolute Gasteiger partial charge is 0.417 e. The molecule has 0 aliphatic heterocycles. The first-order valence-electron chi connectivity index (χ1n) is 6.28. The maximum absolute atomic E-state index is 12.4. The summed E-state index contributed by atoms with van der Waals surface area (Å²) in [5, 5.41) is 0. The standard InChI is InChI=1S/C14H12N2O5S/c1-20-10-4-2-3-9(7-10)16-22(18,19)11-5-6-13-12(8-11)15-14(17)21-13/h2-8,16H,1H3,(H,15,17). The van der Waals surface area contributed by atoms with Crippen molar-refractivity contribution in [2.75, 3.05) is 11.8 Å². The summed E-state index contributed by atoms with van der Waals surface area (Å²) in [6, 6.07) is 10.7. The van der Waals surface area contributed by atoms with Gasteiger partial charge in [0.15, 0.2) is 5.58 Å². The Kier molecular flexibility index (Phi) is 3.38. The minimum Gasteiger partial charge on any atom is -0.497 e. The van der Waals surface area contributed by atoms with Gasteiger partial charge in [0.05, 0.1) is 23.2 Å². The minimum atomic E-state index is -3.79. The van der Waals surface area contributed by atoms with Gasteiger partial charge in [-0.1, -0.05) is 6.07 Å². The first-order valence-corrected chi connectivity index (χ1v) is 7.76. The molecule has 3 aromatic rings. The fourth-order valence-corrected chi connectivity index (χ4v) is 3.07. The Bertz CT molecular complexity index is 988. The van der Waals surface area contributed by atoms with Gasteiger partial charge in [-0.25, -0.2) is 13.2 Å². The lowest BCUT2D eigenvalue weighted by atomic mass is 10.3. The number of hydrogen-bond donors (Lipinski definition) is 2. The third-order valence-electron chi connectivity index (χ3n) is 3.02. The van der Waals surface area contributed by atoms with Gasteiger partial charge < -0.3 is 9.15 Å². The predicted octanol–water partition coefficient (Wildman–Crippen LogP) is 1.93. The van der Waals surface area contributed by atoms with Gasteiger partial charge in [0, 0.05) is 6.07 Å². The molecule has 2 N–H and O–H groups in total. The predicted molar refractivity (Wildman–Crippen MR) is 80.6 cm³/mol. The van der Waals surface area contributed by atoms with E-state index in [4.69, 9.17) is 9.15 Å². The number of hydrogen-bond acceptors (Lipinski definition) is 5. The van der Waals surface area contributed by atoms with Crippen LogP contribution in [0.4, 0.5) is 5.69 Å². The molecule has 1 heterocycles. The zero-order valence-corrected chi connectivity index (χ0v) is 12.3. The van der Waals surface area contributed by atoms with Gasteiger partial charge in [0.25, 0.3) is 10.0 Å². The third kappa shape index (κ3) is 2.68. The molecule has 0 unspecified atom stereocenters. The molecule has 3 rings (SSSR count). The van der Waals surface area contributed by atoms with Crippen molar-refractivity contribution in [3.63, 3.8) is 0 Å². The van der Waals surface area contributed by atoms with Crippen molar-refractivity contribution in [2.45, 2.75) is 4.90 Å². The Morgan fingerprint density at radius 3 is 2.77 bits per heavy atom. The highest BCUT2D eigenvalue weighted by molar-refractivity contribution is 7.92. The molecule has 0 fully saturated rings. The van der Waals surface area contributed by atoms with Crippen LogP contribution >= 0.6 is 0 Å². The highest BCUT2D eigenvalue weighted by Gasteiger charge is 2.16. The summed E-state index contributed by atoms with van der Waals surface area (Å²) in [6.45, 7) is 0. The molecule has 0 amide bonds. The van der Waals surface area contributed by atoms with Gasteiger partial charge in [-0.05, 0) is 30.3 Å². The van der Waals surface area contributed by atoms with Crippen molar-refractivity contribution in [1.82, 2.24) is 4.98 Å². The molecule has 0 aliphatic rings. The maximum Gasteiger partial charge on any atom is 0.417 e. The average Bonchev–Trinajstić information content (AvgIpc) is 2.86. The summed E-state index contributed by atoms with van der Waals surface area (Å²) in [5.74, 6) is -0.0971. The number of fused-ring (bicyclic) bond motifs is 1. The van der Waals surface area contributed by atoms with E-state index in [1.165, 1.54) is 25.3 Å². The number of aromatic amines is 1. The Morgan fingerprint density at radius 2 is 2.00 bits per heavy atom. The number of ether oxygens (including phenoxy) is 1. The van der Waals surface area contributed by atoms with Gasteiger partial charge in [-0.2, -0.15) is 0 Å². The molecule has 8 heteroatoms. The largest absolute Gasteiger partial charge is 0.497 e. The molecule has 0 bridgehead atoms. The summed E-state index contributed by atoms with van der Waals surface area (Å²) < 4.78 is 37.1. The molecule has 0 aliphatic carbocycles. The van der Waals surface area contributed by atoms with E-state index in [2.05, 4.69) is 9.71 Å². The number of oxazole rings is 1. The van der Waals surface area contributed by atoms with E-state index in [1.807, 2.05) is 0 Å². The molecular weight excluding hydrogens is 308 g/mol. The number of benzene rings is 2. The molecule has 0 radical (unpaired) electrons. The van der Waals surface area contributed by atoms with Crippen LogP contribution in [0.2, 0.25) is 0 Å². The molecule has 0 saturated carbocycles. The van der Waals surface area contributed by atoms with Crippen LogP contribution in [0, 0.1) is 0 Å². The van der Waals surface area contributed by atoms with Crippen LogP contribution in [-0.2, 0) is 10.0 Å². The molecule has 2 aromatic carbocycles. The zero-order valence-electron chi connectivity index (χ0n) is 11.5. The number of nitrogens with one attached hydrogen (secondary N) is 2. The number of aromatic nitrogens is 1. The lowest BCUT2D eigenvalue weighted by Gasteiger charge is -2.09. The van der Waals surface area contributed by atoms with Gasteiger partial charge >= 0.3 is 5.76 Å². The van der Waals surface area contributed by atoms with Crippen LogP contribution in [0.3, 0.4) is 0 Å². The monoisotopic (exact) mass is 320 g/mol. The van der Waals surface area contributed by atoms with E-state index in [9.17, 15) is 13.2 Å². The first-order chi connectivity index (χ1) is 10.5. The van der Waals surface area contributed by atoms with E-state index < -0.39 is 15.8 Å². The summed E-state index contributed by atoms with van der Waals surface area (Å²) in [4.78, 5) is 13.5. The Labute approximate surface area is 125 Å².